The molecule has 1 unspecified atom stereocenters. The Morgan fingerprint density at radius 1 is 1.15 bits per heavy atom. The van der Waals surface area contributed by atoms with Gasteiger partial charge in [-0.2, -0.15) is 0 Å². The van der Waals surface area contributed by atoms with Crippen molar-refractivity contribution >= 4 is 51.7 Å². The number of amides is 2. The van der Waals surface area contributed by atoms with Gasteiger partial charge < -0.3 is 30.1 Å². The maximum atomic E-state index is 12.2. The van der Waals surface area contributed by atoms with Crippen LogP contribution in [0.1, 0.15) is 12.1 Å². The van der Waals surface area contributed by atoms with Crippen molar-refractivity contribution in [2.45, 2.75) is 19.1 Å². The zero-order chi connectivity index (χ0) is 28.1. The van der Waals surface area contributed by atoms with Crippen molar-refractivity contribution in [1.29, 1.82) is 0 Å². The Hall–Kier alpha value is -4.90. The van der Waals surface area contributed by atoms with E-state index in [0.717, 1.165) is 11.8 Å². The van der Waals surface area contributed by atoms with Crippen LogP contribution < -0.4 is 20.1 Å². The molecule has 12 heteroatoms. The SMILES string of the molecule is C=CC(=O)Nc1cc2c(Nc3ccc(OCc4ccccn4)c(Cl)c3)ncnc2cc1OC1CCN(C(=O)O)C1. The maximum absolute atomic E-state index is 12.2. The summed E-state index contributed by atoms with van der Waals surface area (Å²) in [5.74, 6) is 0.918. The van der Waals surface area contributed by atoms with Gasteiger partial charge in [0.05, 0.1) is 28.5 Å². The van der Waals surface area contributed by atoms with Crippen LogP contribution in [0.4, 0.5) is 22.0 Å². The van der Waals surface area contributed by atoms with E-state index in [4.69, 9.17) is 21.1 Å². The Balaban J connectivity index is 1.39. The molecule has 11 nitrogen and oxygen atoms in total. The summed E-state index contributed by atoms with van der Waals surface area (Å²) in [4.78, 5) is 37.8. The predicted molar refractivity (Wildman–Crippen MR) is 150 cm³/mol. The molecule has 2 amide bonds. The van der Waals surface area contributed by atoms with E-state index in [-0.39, 0.29) is 19.3 Å². The summed E-state index contributed by atoms with van der Waals surface area (Å²) in [5.41, 5.74) is 2.37. The third kappa shape index (κ3) is 6.21. The summed E-state index contributed by atoms with van der Waals surface area (Å²) in [5, 5.41) is 16.3. The van der Waals surface area contributed by atoms with Crippen molar-refractivity contribution < 1.29 is 24.2 Å². The lowest BCUT2D eigenvalue weighted by atomic mass is 10.1. The molecular weight excluding hydrogens is 536 g/mol. The summed E-state index contributed by atoms with van der Waals surface area (Å²) in [7, 11) is 0. The molecule has 1 atom stereocenters. The van der Waals surface area contributed by atoms with E-state index in [9.17, 15) is 14.7 Å². The highest BCUT2D eigenvalue weighted by Crippen LogP contribution is 2.36. The summed E-state index contributed by atoms with van der Waals surface area (Å²) in [6.45, 7) is 4.38. The van der Waals surface area contributed by atoms with Crippen LogP contribution in [-0.2, 0) is 11.4 Å². The predicted octanol–water partition coefficient (Wildman–Crippen LogP) is 5.26. The van der Waals surface area contributed by atoms with Gasteiger partial charge in [0.15, 0.2) is 0 Å². The number of carbonyl (C=O) groups is 2. The molecule has 1 saturated heterocycles. The number of carboxylic acid groups (broad SMARTS) is 1. The van der Waals surface area contributed by atoms with Crippen LogP contribution in [0.2, 0.25) is 5.02 Å². The fraction of sp³-hybridized carbons (Fsp3) is 0.179. The molecule has 3 heterocycles. The summed E-state index contributed by atoms with van der Waals surface area (Å²) in [6.07, 6.45) is 3.41. The number of pyridine rings is 1. The molecule has 1 aliphatic rings. The third-order valence-corrected chi connectivity index (χ3v) is 6.48. The average Bonchev–Trinajstić information content (AvgIpc) is 3.43. The van der Waals surface area contributed by atoms with E-state index in [1.165, 1.54) is 11.2 Å². The number of benzene rings is 2. The molecule has 1 aliphatic heterocycles. The second-order valence-corrected chi connectivity index (χ2v) is 9.33. The number of nitrogens with zero attached hydrogens (tertiary/aromatic N) is 4. The number of halogens is 1. The first kappa shape index (κ1) is 26.7. The fourth-order valence-electron chi connectivity index (χ4n) is 4.21. The molecule has 2 aromatic carbocycles. The number of rotatable bonds is 9. The number of aromatic nitrogens is 3. The zero-order valence-corrected chi connectivity index (χ0v) is 22.0. The number of carbonyl (C=O) groups excluding carboxylic acids is 1. The largest absolute Gasteiger partial charge is 0.486 e. The van der Waals surface area contributed by atoms with Crippen LogP contribution in [0.25, 0.3) is 10.9 Å². The Morgan fingerprint density at radius 2 is 2.02 bits per heavy atom. The number of hydrogen-bond donors (Lipinski definition) is 3. The third-order valence-electron chi connectivity index (χ3n) is 6.19. The Kier molecular flexibility index (Phi) is 7.92. The average molecular weight is 561 g/mol. The highest BCUT2D eigenvalue weighted by atomic mass is 35.5. The van der Waals surface area contributed by atoms with Crippen molar-refractivity contribution in [3.63, 3.8) is 0 Å². The van der Waals surface area contributed by atoms with E-state index in [0.29, 0.717) is 57.6 Å². The van der Waals surface area contributed by atoms with Gasteiger partial charge in [-0.05, 0) is 42.5 Å². The van der Waals surface area contributed by atoms with Gasteiger partial charge in [-0.3, -0.25) is 9.78 Å². The molecule has 0 bridgehead atoms. The quantitative estimate of drug-likeness (QED) is 0.234. The van der Waals surface area contributed by atoms with Crippen LogP contribution in [0, 0.1) is 0 Å². The van der Waals surface area contributed by atoms with E-state index in [1.807, 2.05) is 18.2 Å². The van der Waals surface area contributed by atoms with Gasteiger partial charge in [-0.1, -0.05) is 24.2 Å². The van der Waals surface area contributed by atoms with Gasteiger partial charge in [0.2, 0.25) is 5.91 Å². The molecule has 1 fully saturated rings. The molecule has 0 aliphatic carbocycles. The topological polar surface area (TPSA) is 139 Å². The first-order chi connectivity index (χ1) is 19.4. The first-order valence-electron chi connectivity index (χ1n) is 12.4. The van der Waals surface area contributed by atoms with E-state index >= 15 is 0 Å². The van der Waals surface area contributed by atoms with Crippen LogP contribution in [-0.4, -0.2) is 56.2 Å². The lowest BCUT2D eigenvalue weighted by molar-refractivity contribution is -0.111. The highest BCUT2D eigenvalue weighted by Gasteiger charge is 2.28. The molecule has 40 heavy (non-hydrogen) atoms. The molecule has 204 valence electrons. The Morgan fingerprint density at radius 3 is 2.75 bits per heavy atom. The second-order valence-electron chi connectivity index (χ2n) is 8.92. The molecular formula is C28H25ClN6O5. The normalized spacial score (nSPS) is 14.5. The number of likely N-dealkylation sites (tertiary alicyclic amines) is 1. The molecule has 0 saturated carbocycles. The number of hydrogen-bond acceptors (Lipinski definition) is 8. The van der Waals surface area contributed by atoms with Crippen LogP contribution >= 0.6 is 11.6 Å². The number of nitrogens with one attached hydrogen (secondary N) is 2. The van der Waals surface area contributed by atoms with Crippen LogP contribution in [0.3, 0.4) is 0 Å². The molecule has 5 rings (SSSR count). The Labute approximate surface area is 234 Å². The fourth-order valence-corrected chi connectivity index (χ4v) is 4.44. The lowest BCUT2D eigenvalue weighted by Crippen LogP contribution is -2.29. The zero-order valence-electron chi connectivity index (χ0n) is 21.2. The molecule has 0 radical (unpaired) electrons. The molecule has 4 aromatic rings. The van der Waals surface area contributed by atoms with Crippen molar-refractivity contribution in [3.8, 4) is 11.5 Å². The molecule has 2 aromatic heterocycles. The van der Waals surface area contributed by atoms with Crippen LogP contribution in [0.15, 0.2) is 73.7 Å². The van der Waals surface area contributed by atoms with Crippen LogP contribution in [0.5, 0.6) is 11.5 Å². The van der Waals surface area contributed by atoms with E-state index < -0.39 is 12.0 Å². The standard InChI is InChI=1S/C28H25ClN6O5/c1-2-26(36)34-23-12-20-22(13-25(23)40-19-8-10-35(14-19)28(37)38)31-16-32-27(20)33-17-6-7-24(21(29)11-17)39-15-18-5-3-4-9-30-18/h2-7,9,11-13,16,19H,1,8,10,14-15H2,(H,34,36)(H,37,38)(H,31,32,33). The number of anilines is 3. The lowest BCUT2D eigenvalue weighted by Gasteiger charge is -2.19. The first-order valence-corrected chi connectivity index (χ1v) is 12.7. The van der Waals surface area contributed by atoms with E-state index in [1.54, 1.807) is 36.5 Å². The Bertz CT molecular complexity index is 1570. The maximum Gasteiger partial charge on any atom is 0.407 e. The summed E-state index contributed by atoms with van der Waals surface area (Å²) < 4.78 is 11.9. The number of ether oxygens (including phenoxy) is 2. The van der Waals surface area contributed by atoms with Crippen molar-refractivity contribution in [3.05, 3.63) is 84.4 Å². The minimum atomic E-state index is -0.999. The minimum absolute atomic E-state index is 0.223. The number of fused-ring (bicyclic) bond motifs is 1. The van der Waals surface area contributed by atoms with Gasteiger partial charge >= 0.3 is 6.09 Å². The minimum Gasteiger partial charge on any atom is -0.486 e. The molecule has 3 N–H and O–H groups in total. The summed E-state index contributed by atoms with van der Waals surface area (Å²) >= 11 is 6.48. The van der Waals surface area contributed by atoms with Crippen molar-refractivity contribution in [2.24, 2.45) is 0 Å². The summed E-state index contributed by atoms with van der Waals surface area (Å²) in [6, 6.07) is 14.2. The van der Waals surface area contributed by atoms with E-state index in [2.05, 4.69) is 32.2 Å². The monoisotopic (exact) mass is 560 g/mol. The highest BCUT2D eigenvalue weighted by molar-refractivity contribution is 6.32. The van der Waals surface area contributed by atoms with Gasteiger partial charge in [0.25, 0.3) is 0 Å². The van der Waals surface area contributed by atoms with Gasteiger partial charge in [0.1, 0.15) is 36.4 Å². The molecule has 0 spiro atoms. The van der Waals surface area contributed by atoms with Gasteiger partial charge in [0, 0.05) is 36.3 Å². The smallest absolute Gasteiger partial charge is 0.407 e. The van der Waals surface area contributed by atoms with Gasteiger partial charge in [-0.15, -0.1) is 0 Å². The second kappa shape index (κ2) is 11.9. The van der Waals surface area contributed by atoms with Crippen molar-refractivity contribution in [2.75, 3.05) is 23.7 Å². The van der Waals surface area contributed by atoms with Gasteiger partial charge in [-0.25, -0.2) is 14.8 Å². The van der Waals surface area contributed by atoms with Crippen molar-refractivity contribution in [1.82, 2.24) is 19.9 Å².